The summed E-state index contributed by atoms with van der Waals surface area (Å²) in [6, 6.07) is -5.28. The lowest BCUT2D eigenvalue weighted by atomic mass is 10.2. The first kappa shape index (κ1) is 23.6. The number of thiol groups is 1. The molecule has 4 unspecified atom stereocenters. The number of hydrogen-bond acceptors (Lipinski definition) is 8. The highest BCUT2D eigenvalue weighted by atomic mass is 32.1. The van der Waals surface area contributed by atoms with Crippen molar-refractivity contribution < 1.29 is 39.3 Å². The van der Waals surface area contributed by atoms with Crippen molar-refractivity contribution >= 4 is 42.3 Å². The number of aliphatic carboxylic acids is 2. The fourth-order valence-electron chi connectivity index (χ4n) is 1.61. The molecule has 8 N–H and O–H groups in total. The van der Waals surface area contributed by atoms with Crippen molar-refractivity contribution in [2.24, 2.45) is 5.73 Å². The molecule has 0 aliphatic carbocycles. The second-order valence-corrected chi connectivity index (χ2v) is 5.63. The number of aliphatic hydroxyl groups is 1. The lowest BCUT2D eigenvalue weighted by Crippen LogP contribution is -2.57. The zero-order valence-electron chi connectivity index (χ0n) is 13.8. The van der Waals surface area contributed by atoms with E-state index < -0.39 is 66.9 Å². The van der Waals surface area contributed by atoms with Gasteiger partial charge in [-0.15, -0.1) is 0 Å². The summed E-state index contributed by atoms with van der Waals surface area (Å²) in [5.74, 6) is -5.72. The molecule has 0 rings (SSSR count). The normalized spacial score (nSPS) is 15.1. The van der Waals surface area contributed by atoms with Crippen LogP contribution in [0.3, 0.4) is 0 Å². The van der Waals surface area contributed by atoms with Gasteiger partial charge in [0.05, 0.1) is 13.0 Å². The smallest absolute Gasteiger partial charge is 0.326 e. The minimum Gasteiger partial charge on any atom is -0.481 e. The number of amides is 3. The van der Waals surface area contributed by atoms with Crippen LogP contribution in [0.2, 0.25) is 0 Å². The van der Waals surface area contributed by atoms with Gasteiger partial charge in [-0.1, -0.05) is 0 Å². The molecule has 0 radical (unpaired) electrons. The van der Waals surface area contributed by atoms with Crippen LogP contribution in [0.5, 0.6) is 0 Å². The Labute approximate surface area is 153 Å². The van der Waals surface area contributed by atoms with Crippen molar-refractivity contribution in [3.05, 3.63) is 0 Å². The van der Waals surface area contributed by atoms with Crippen LogP contribution < -0.4 is 21.7 Å². The van der Waals surface area contributed by atoms with E-state index in [1.807, 2.05) is 5.32 Å². The molecule has 0 aliphatic rings. The molecule has 3 amide bonds. The summed E-state index contributed by atoms with van der Waals surface area (Å²) in [5, 5.41) is 32.8. The Balaban J connectivity index is 4.83. The number of carbonyl (C=O) groups excluding carboxylic acids is 3. The fraction of sp³-hybridized carbons (Fsp3) is 0.615. The van der Waals surface area contributed by atoms with Crippen LogP contribution in [0, 0.1) is 0 Å². The van der Waals surface area contributed by atoms with E-state index in [2.05, 4.69) is 23.3 Å². The largest absolute Gasteiger partial charge is 0.481 e. The third-order valence-corrected chi connectivity index (χ3v) is 3.46. The van der Waals surface area contributed by atoms with Gasteiger partial charge in [0.1, 0.15) is 24.2 Å². The number of aliphatic hydroxyl groups excluding tert-OH is 1. The Morgan fingerprint density at radius 1 is 0.962 bits per heavy atom. The summed E-state index contributed by atoms with van der Waals surface area (Å²) < 4.78 is 0. The van der Waals surface area contributed by atoms with Gasteiger partial charge in [-0.25, -0.2) is 4.79 Å². The van der Waals surface area contributed by atoms with E-state index in [4.69, 9.17) is 21.1 Å². The number of nitrogens with one attached hydrogen (secondary N) is 3. The number of carboxylic acid groups (broad SMARTS) is 2. The number of rotatable bonds is 11. The Morgan fingerprint density at radius 2 is 1.50 bits per heavy atom. The number of nitrogens with two attached hydrogens (primary N) is 1. The zero-order valence-corrected chi connectivity index (χ0v) is 14.7. The van der Waals surface area contributed by atoms with Crippen molar-refractivity contribution in [3.63, 3.8) is 0 Å². The van der Waals surface area contributed by atoms with E-state index in [-0.39, 0.29) is 5.75 Å². The van der Waals surface area contributed by atoms with Gasteiger partial charge in [0, 0.05) is 5.75 Å². The molecule has 0 bridgehead atoms. The lowest BCUT2D eigenvalue weighted by Gasteiger charge is -2.22. The highest BCUT2D eigenvalue weighted by Crippen LogP contribution is 1.97. The number of carbonyl (C=O) groups is 5. The second-order valence-electron chi connectivity index (χ2n) is 5.26. The Hall–Kier alpha value is -2.38. The van der Waals surface area contributed by atoms with E-state index in [0.29, 0.717) is 0 Å². The first-order valence-corrected chi connectivity index (χ1v) is 7.99. The molecule has 0 aromatic rings. The summed E-state index contributed by atoms with van der Waals surface area (Å²) in [6.45, 7) is 0.678. The molecule has 0 aliphatic heterocycles. The van der Waals surface area contributed by atoms with Crippen LogP contribution in [-0.2, 0) is 24.0 Å². The summed E-state index contributed by atoms with van der Waals surface area (Å²) >= 11 is 3.88. The highest BCUT2D eigenvalue weighted by Gasteiger charge is 2.29. The van der Waals surface area contributed by atoms with E-state index >= 15 is 0 Å². The number of carboxylic acids is 2. The molecule has 0 saturated carbocycles. The van der Waals surface area contributed by atoms with Gasteiger partial charge in [-0.3, -0.25) is 19.2 Å². The molecule has 4 atom stereocenters. The van der Waals surface area contributed by atoms with Crippen LogP contribution in [0.15, 0.2) is 0 Å². The highest BCUT2D eigenvalue weighted by molar-refractivity contribution is 7.80. The summed E-state index contributed by atoms with van der Waals surface area (Å²) in [7, 11) is 0. The summed E-state index contributed by atoms with van der Waals surface area (Å²) in [6.07, 6.45) is -0.847. The molecule has 0 aromatic carbocycles. The lowest BCUT2D eigenvalue weighted by molar-refractivity contribution is -0.147. The molecule has 0 fully saturated rings. The zero-order chi connectivity index (χ0) is 20.4. The quantitative estimate of drug-likeness (QED) is 0.162. The minimum atomic E-state index is -1.68. The second kappa shape index (κ2) is 11.3. The molecule has 13 heteroatoms. The van der Waals surface area contributed by atoms with E-state index in [1.165, 1.54) is 6.92 Å². The van der Waals surface area contributed by atoms with Crippen LogP contribution >= 0.6 is 12.6 Å². The van der Waals surface area contributed by atoms with Gasteiger partial charge in [-0.2, -0.15) is 12.6 Å². The molecule has 0 saturated heterocycles. The predicted octanol–water partition coefficient (Wildman–Crippen LogP) is -3.73. The van der Waals surface area contributed by atoms with Crippen molar-refractivity contribution in [3.8, 4) is 0 Å². The molecule has 26 heavy (non-hydrogen) atoms. The van der Waals surface area contributed by atoms with Gasteiger partial charge in [-0.05, 0) is 6.92 Å². The Kier molecular flexibility index (Phi) is 10.2. The van der Waals surface area contributed by atoms with E-state index in [0.717, 1.165) is 0 Å². The van der Waals surface area contributed by atoms with Gasteiger partial charge in [0.2, 0.25) is 17.7 Å². The standard InChI is InChI=1S/C13H22N4O8S/c1-5(15-11(22)6(14)3-18)10(21)17-8(4-26)12(23)16-7(13(24)25)2-9(19)20/h5-8,18,26H,2-4,14H2,1H3,(H,15,22)(H,16,23)(H,17,21)(H,19,20)(H,24,25). The average molecular weight is 394 g/mol. The first-order valence-electron chi connectivity index (χ1n) is 7.36. The van der Waals surface area contributed by atoms with Gasteiger partial charge in [0.15, 0.2) is 0 Å². The van der Waals surface area contributed by atoms with Crippen LogP contribution in [-0.4, -0.2) is 81.5 Å². The van der Waals surface area contributed by atoms with Crippen LogP contribution in [0.4, 0.5) is 0 Å². The molecular formula is C13H22N4O8S. The predicted molar refractivity (Wildman–Crippen MR) is 90.3 cm³/mol. The average Bonchev–Trinajstić information content (AvgIpc) is 2.56. The molecule has 148 valence electrons. The van der Waals surface area contributed by atoms with E-state index in [9.17, 15) is 24.0 Å². The maximum Gasteiger partial charge on any atom is 0.326 e. The Morgan fingerprint density at radius 3 is 1.92 bits per heavy atom. The SMILES string of the molecule is CC(NC(=O)C(N)CO)C(=O)NC(CS)C(=O)NC(CC(=O)O)C(=O)O. The number of hydrogen-bond donors (Lipinski definition) is 8. The summed E-state index contributed by atoms with van der Waals surface area (Å²) in [4.78, 5) is 57.1. The molecular weight excluding hydrogens is 372 g/mol. The topological polar surface area (TPSA) is 208 Å². The first-order chi connectivity index (χ1) is 12.0. The van der Waals surface area contributed by atoms with Crippen LogP contribution in [0.25, 0.3) is 0 Å². The Bertz CT molecular complexity index is 558. The van der Waals surface area contributed by atoms with E-state index in [1.54, 1.807) is 0 Å². The van der Waals surface area contributed by atoms with Crippen molar-refractivity contribution in [1.82, 2.24) is 16.0 Å². The molecule has 0 spiro atoms. The maximum absolute atomic E-state index is 12.0. The maximum atomic E-state index is 12.0. The van der Waals surface area contributed by atoms with Crippen LogP contribution in [0.1, 0.15) is 13.3 Å². The van der Waals surface area contributed by atoms with Crippen molar-refractivity contribution in [2.45, 2.75) is 37.5 Å². The molecule has 0 aromatic heterocycles. The van der Waals surface area contributed by atoms with Crippen molar-refractivity contribution in [2.75, 3.05) is 12.4 Å². The molecule has 0 heterocycles. The third kappa shape index (κ3) is 8.13. The minimum absolute atomic E-state index is 0.214. The third-order valence-electron chi connectivity index (χ3n) is 3.09. The van der Waals surface area contributed by atoms with Gasteiger partial charge >= 0.3 is 11.9 Å². The van der Waals surface area contributed by atoms with Gasteiger partial charge < -0.3 is 37.0 Å². The fourth-order valence-corrected chi connectivity index (χ4v) is 1.86. The summed E-state index contributed by atoms with van der Waals surface area (Å²) in [5.41, 5.74) is 5.29. The van der Waals surface area contributed by atoms with Crippen molar-refractivity contribution in [1.29, 1.82) is 0 Å². The monoisotopic (exact) mass is 394 g/mol. The molecule has 12 nitrogen and oxygen atoms in total. The van der Waals surface area contributed by atoms with Gasteiger partial charge in [0.25, 0.3) is 0 Å².